The van der Waals surface area contributed by atoms with E-state index in [-0.39, 0.29) is 17.1 Å². The molecule has 4 heteroatoms. The number of Topliss-reactive ketones (excluding diaryl/α,β-unsaturated/α-hetero) is 1. The summed E-state index contributed by atoms with van der Waals surface area (Å²) in [5.74, 6) is 0.245. The molecule has 1 aliphatic rings. The van der Waals surface area contributed by atoms with Crippen LogP contribution < -0.4 is 5.43 Å². The molecule has 116 valence electrons. The SMILES string of the molecule is CC(C)c1ccc(N/N=C/C2=C(O)c3ccccc3C2=O)cc1. The van der Waals surface area contributed by atoms with Gasteiger partial charge in [-0.2, -0.15) is 5.10 Å². The molecule has 3 rings (SSSR count). The van der Waals surface area contributed by atoms with E-state index >= 15 is 0 Å². The maximum atomic E-state index is 12.2. The van der Waals surface area contributed by atoms with E-state index in [2.05, 4.69) is 24.4 Å². The van der Waals surface area contributed by atoms with Crippen molar-refractivity contribution < 1.29 is 9.90 Å². The Morgan fingerprint density at radius 2 is 1.70 bits per heavy atom. The third kappa shape index (κ3) is 2.88. The topological polar surface area (TPSA) is 61.7 Å². The molecule has 2 N–H and O–H groups in total. The van der Waals surface area contributed by atoms with Gasteiger partial charge in [-0.3, -0.25) is 10.2 Å². The molecule has 0 heterocycles. The van der Waals surface area contributed by atoms with Crippen molar-refractivity contribution in [3.05, 3.63) is 70.8 Å². The molecular formula is C19H18N2O2. The lowest BCUT2D eigenvalue weighted by Gasteiger charge is -2.06. The average Bonchev–Trinajstić information content (AvgIpc) is 2.81. The number of carbonyl (C=O) groups excluding carboxylic acids is 1. The highest BCUT2D eigenvalue weighted by Crippen LogP contribution is 2.29. The van der Waals surface area contributed by atoms with E-state index in [0.29, 0.717) is 17.0 Å². The van der Waals surface area contributed by atoms with E-state index < -0.39 is 0 Å². The molecule has 0 aromatic heterocycles. The Labute approximate surface area is 135 Å². The summed E-state index contributed by atoms with van der Waals surface area (Å²) in [6.07, 6.45) is 1.37. The van der Waals surface area contributed by atoms with Gasteiger partial charge < -0.3 is 5.11 Å². The minimum absolute atomic E-state index is 0.0219. The van der Waals surface area contributed by atoms with Crippen LogP contribution in [0.1, 0.15) is 41.3 Å². The maximum absolute atomic E-state index is 12.2. The third-order valence-corrected chi connectivity index (χ3v) is 3.89. The van der Waals surface area contributed by atoms with Crippen LogP contribution in [0.4, 0.5) is 5.69 Å². The quantitative estimate of drug-likeness (QED) is 0.651. The number of anilines is 1. The number of nitrogens with one attached hydrogen (secondary N) is 1. The number of aliphatic hydroxyl groups excluding tert-OH is 1. The van der Waals surface area contributed by atoms with Gasteiger partial charge in [0.2, 0.25) is 0 Å². The normalized spacial score (nSPS) is 14.0. The zero-order chi connectivity index (χ0) is 16.4. The molecule has 0 saturated heterocycles. The van der Waals surface area contributed by atoms with Gasteiger partial charge in [0, 0.05) is 11.1 Å². The lowest BCUT2D eigenvalue weighted by molar-refractivity contribution is 0.104. The van der Waals surface area contributed by atoms with Gasteiger partial charge >= 0.3 is 0 Å². The first-order valence-electron chi connectivity index (χ1n) is 7.54. The summed E-state index contributed by atoms with van der Waals surface area (Å²) < 4.78 is 0. The minimum Gasteiger partial charge on any atom is -0.506 e. The van der Waals surface area contributed by atoms with Crippen molar-refractivity contribution in [2.45, 2.75) is 19.8 Å². The lowest BCUT2D eigenvalue weighted by Crippen LogP contribution is -2.01. The predicted octanol–water partition coefficient (Wildman–Crippen LogP) is 4.37. The summed E-state index contributed by atoms with van der Waals surface area (Å²) in [7, 11) is 0. The number of hydrazone groups is 1. The Bertz CT molecular complexity index is 802. The second-order valence-corrected chi connectivity index (χ2v) is 5.78. The van der Waals surface area contributed by atoms with E-state index in [0.717, 1.165) is 5.69 Å². The Balaban J connectivity index is 1.74. The van der Waals surface area contributed by atoms with E-state index in [4.69, 9.17) is 0 Å². The van der Waals surface area contributed by atoms with Crippen molar-refractivity contribution in [1.29, 1.82) is 0 Å². The highest BCUT2D eigenvalue weighted by molar-refractivity contribution is 6.30. The fourth-order valence-corrected chi connectivity index (χ4v) is 2.52. The van der Waals surface area contributed by atoms with E-state index in [1.165, 1.54) is 11.8 Å². The number of nitrogens with zero attached hydrogens (tertiary/aromatic N) is 1. The van der Waals surface area contributed by atoms with Crippen LogP contribution in [-0.2, 0) is 0 Å². The van der Waals surface area contributed by atoms with Crippen LogP contribution in [0.3, 0.4) is 0 Å². The van der Waals surface area contributed by atoms with Crippen LogP contribution in [-0.4, -0.2) is 17.1 Å². The molecular weight excluding hydrogens is 288 g/mol. The first kappa shape index (κ1) is 15.0. The Morgan fingerprint density at radius 3 is 2.30 bits per heavy atom. The molecule has 2 aromatic carbocycles. The summed E-state index contributed by atoms with van der Waals surface area (Å²) in [5, 5.41) is 14.2. The lowest BCUT2D eigenvalue weighted by atomic mass is 10.0. The van der Waals surface area contributed by atoms with Crippen molar-refractivity contribution in [3.63, 3.8) is 0 Å². The van der Waals surface area contributed by atoms with Crippen LogP contribution in [0.25, 0.3) is 5.76 Å². The van der Waals surface area contributed by atoms with Crippen LogP contribution in [0, 0.1) is 0 Å². The second kappa shape index (κ2) is 6.08. The Hall–Kier alpha value is -2.88. The molecule has 2 aromatic rings. The predicted molar refractivity (Wildman–Crippen MR) is 93.0 cm³/mol. The molecule has 23 heavy (non-hydrogen) atoms. The summed E-state index contributed by atoms with van der Waals surface area (Å²) in [6, 6.07) is 14.9. The first-order valence-corrected chi connectivity index (χ1v) is 7.54. The van der Waals surface area contributed by atoms with Crippen molar-refractivity contribution >= 4 is 23.4 Å². The number of fused-ring (bicyclic) bond motifs is 1. The summed E-state index contributed by atoms with van der Waals surface area (Å²) in [4.78, 5) is 12.2. The summed E-state index contributed by atoms with van der Waals surface area (Å²) in [6.45, 7) is 4.28. The summed E-state index contributed by atoms with van der Waals surface area (Å²) >= 11 is 0. The Kier molecular flexibility index (Phi) is 3.98. The van der Waals surface area contributed by atoms with Gasteiger partial charge in [0.05, 0.1) is 17.5 Å². The molecule has 0 aliphatic heterocycles. The summed E-state index contributed by atoms with van der Waals surface area (Å²) in [5.41, 5.74) is 6.23. The standard InChI is InChI=1S/C19H18N2O2/c1-12(2)13-7-9-14(10-8-13)21-20-11-17-18(22)15-5-3-4-6-16(15)19(17)23/h3-12,21-22H,1-2H3/b20-11+. The van der Waals surface area contributed by atoms with Gasteiger partial charge in [0.25, 0.3) is 0 Å². The number of ketones is 1. The number of allylic oxidation sites excluding steroid dienone is 1. The zero-order valence-electron chi connectivity index (χ0n) is 13.1. The van der Waals surface area contributed by atoms with Gasteiger partial charge in [-0.25, -0.2) is 0 Å². The highest BCUT2D eigenvalue weighted by Gasteiger charge is 2.27. The molecule has 0 atom stereocenters. The second-order valence-electron chi connectivity index (χ2n) is 5.78. The highest BCUT2D eigenvalue weighted by atomic mass is 16.3. The smallest absolute Gasteiger partial charge is 0.199 e. The monoisotopic (exact) mass is 306 g/mol. The number of hydrogen-bond donors (Lipinski definition) is 2. The number of rotatable bonds is 4. The van der Waals surface area contributed by atoms with Crippen molar-refractivity contribution in [2.75, 3.05) is 5.43 Å². The van der Waals surface area contributed by atoms with E-state index in [9.17, 15) is 9.90 Å². The molecule has 0 bridgehead atoms. The zero-order valence-corrected chi connectivity index (χ0v) is 13.1. The van der Waals surface area contributed by atoms with Crippen LogP contribution in [0.15, 0.2) is 59.2 Å². The van der Waals surface area contributed by atoms with Crippen molar-refractivity contribution in [1.82, 2.24) is 0 Å². The maximum Gasteiger partial charge on any atom is 0.199 e. The van der Waals surface area contributed by atoms with Gasteiger partial charge in [-0.15, -0.1) is 0 Å². The fraction of sp³-hybridized carbons (Fsp3) is 0.158. The number of aliphatic hydroxyl groups is 1. The Morgan fingerprint density at radius 1 is 1.04 bits per heavy atom. The molecule has 0 saturated carbocycles. The van der Waals surface area contributed by atoms with Crippen LogP contribution >= 0.6 is 0 Å². The minimum atomic E-state index is -0.209. The van der Waals surface area contributed by atoms with Gasteiger partial charge in [0.15, 0.2) is 5.78 Å². The van der Waals surface area contributed by atoms with E-state index in [1.54, 1.807) is 24.3 Å². The molecule has 0 fully saturated rings. The molecule has 0 radical (unpaired) electrons. The van der Waals surface area contributed by atoms with Gasteiger partial charge in [0.1, 0.15) is 5.76 Å². The molecule has 0 spiro atoms. The van der Waals surface area contributed by atoms with Gasteiger partial charge in [-0.05, 0) is 23.6 Å². The molecule has 0 unspecified atom stereocenters. The molecule has 4 nitrogen and oxygen atoms in total. The van der Waals surface area contributed by atoms with E-state index in [1.807, 2.05) is 24.3 Å². The van der Waals surface area contributed by atoms with Crippen LogP contribution in [0.2, 0.25) is 0 Å². The molecule has 1 aliphatic carbocycles. The van der Waals surface area contributed by atoms with Gasteiger partial charge in [-0.1, -0.05) is 50.2 Å². The number of carbonyl (C=O) groups is 1. The third-order valence-electron chi connectivity index (χ3n) is 3.89. The number of benzene rings is 2. The molecule has 0 amide bonds. The van der Waals surface area contributed by atoms with Crippen molar-refractivity contribution in [2.24, 2.45) is 5.10 Å². The van der Waals surface area contributed by atoms with Crippen LogP contribution in [0.5, 0.6) is 0 Å². The fourth-order valence-electron chi connectivity index (χ4n) is 2.52. The number of hydrogen-bond acceptors (Lipinski definition) is 4. The average molecular weight is 306 g/mol. The largest absolute Gasteiger partial charge is 0.506 e. The first-order chi connectivity index (χ1) is 11.1. The van der Waals surface area contributed by atoms with Crippen molar-refractivity contribution in [3.8, 4) is 0 Å².